The van der Waals surface area contributed by atoms with E-state index in [9.17, 15) is 0 Å². The van der Waals surface area contributed by atoms with Gasteiger partial charge in [-0.1, -0.05) is 115 Å². The minimum atomic E-state index is 1.18. The monoisotopic (exact) mass is 584 g/mol. The molecule has 0 fully saturated rings. The van der Waals surface area contributed by atoms with E-state index in [0.717, 1.165) is 0 Å². The van der Waals surface area contributed by atoms with Gasteiger partial charge < -0.3 is 9.13 Å². The van der Waals surface area contributed by atoms with Crippen LogP contribution in [-0.4, -0.2) is 9.13 Å². The standard InChI is InChI=1S/C44H28N2/c1-2-13-33(14-3-1)45-40-18-8-6-16-36(40)38-28-31(22-25-42(38)45)30-21-24-35-32(27-30)23-26-43-44(35)37-17-7-9-19-41(37)46(43)39-20-10-12-29-11-4-5-15-34(29)39/h1-28H. The second kappa shape index (κ2) is 9.69. The molecule has 2 nitrogen and oxygen atoms in total. The molecule has 46 heavy (non-hydrogen) atoms. The summed E-state index contributed by atoms with van der Waals surface area (Å²) in [6, 6.07) is 62.0. The van der Waals surface area contributed by atoms with Gasteiger partial charge >= 0.3 is 0 Å². The zero-order valence-electron chi connectivity index (χ0n) is 25.1. The van der Waals surface area contributed by atoms with Crippen molar-refractivity contribution in [2.24, 2.45) is 0 Å². The van der Waals surface area contributed by atoms with Crippen LogP contribution in [0.5, 0.6) is 0 Å². The second-order valence-corrected chi connectivity index (χ2v) is 12.2. The van der Waals surface area contributed by atoms with E-state index in [1.54, 1.807) is 0 Å². The van der Waals surface area contributed by atoms with Crippen LogP contribution in [0.15, 0.2) is 170 Å². The maximum atomic E-state index is 2.44. The Morgan fingerprint density at radius 3 is 1.80 bits per heavy atom. The van der Waals surface area contributed by atoms with Gasteiger partial charge in [-0.25, -0.2) is 0 Å². The molecular formula is C44H28N2. The third-order valence-electron chi connectivity index (χ3n) is 9.68. The van der Waals surface area contributed by atoms with Gasteiger partial charge in [0.2, 0.25) is 0 Å². The zero-order chi connectivity index (χ0) is 30.2. The van der Waals surface area contributed by atoms with Crippen LogP contribution in [0, 0.1) is 0 Å². The molecule has 0 aliphatic rings. The molecule has 0 aliphatic heterocycles. The average Bonchev–Trinajstić information content (AvgIpc) is 3.64. The highest BCUT2D eigenvalue weighted by atomic mass is 15.0. The van der Waals surface area contributed by atoms with Crippen molar-refractivity contribution < 1.29 is 0 Å². The molecule has 2 heteroatoms. The van der Waals surface area contributed by atoms with Crippen molar-refractivity contribution in [3.05, 3.63) is 170 Å². The SMILES string of the molecule is c1ccc(-n2c3ccccc3c3cc(-c4ccc5c(ccc6c5c5ccccc5n6-c5cccc6ccccc56)c4)ccc32)cc1. The molecule has 0 spiro atoms. The first kappa shape index (κ1) is 25.2. The molecule has 2 heterocycles. The second-order valence-electron chi connectivity index (χ2n) is 12.2. The lowest BCUT2D eigenvalue weighted by Crippen LogP contribution is -1.95. The van der Waals surface area contributed by atoms with Crippen LogP contribution >= 0.6 is 0 Å². The van der Waals surface area contributed by atoms with Gasteiger partial charge in [-0.3, -0.25) is 0 Å². The highest BCUT2D eigenvalue weighted by molar-refractivity contribution is 6.22. The van der Waals surface area contributed by atoms with Gasteiger partial charge in [0.1, 0.15) is 0 Å². The van der Waals surface area contributed by atoms with Crippen molar-refractivity contribution in [1.82, 2.24) is 9.13 Å². The lowest BCUT2D eigenvalue weighted by Gasteiger charge is -2.12. The van der Waals surface area contributed by atoms with Crippen LogP contribution in [-0.2, 0) is 0 Å². The average molecular weight is 585 g/mol. The van der Waals surface area contributed by atoms with Crippen molar-refractivity contribution >= 4 is 65.2 Å². The largest absolute Gasteiger partial charge is 0.309 e. The summed E-state index contributed by atoms with van der Waals surface area (Å²) < 4.78 is 4.81. The number of hydrogen-bond donors (Lipinski definition) is 0. The van der Waals surface area contributed by atoms with Gasteiger partial charge in [0.05, 0.1) is 27.8 Å². The van der Waals surface area contributed by atoms with Gasteiger partial charge in [-0.05, 0) is 81.9 Å². The zero-order valence-corrected chi connectivity index (χ0v) is 25.1. The number of aromatic nitrogens is 2. The van der Waals surface area contributed by atoms with E-state index in [-0.39, 0.29) is 0 Å². The maximum absolute atomic E-state index is 2.44. The topological polar surface area (TPSA) is 9.86 Å². The van der Waals surface area contributed by atoms with E-state index in [1.165, 1.54) is 87.7 Å². The third-order valence-corrected chi connectivity index (χ3v) is 9.68. The molecule has 0 radical (unpaired) electrons. The predicted octanol–water partition coefficient (Wildman–Crippen LogP) is 11.9. The molecular weight excluding hydrogens is 556 g/mol. The molecule has 0 bridgehead atoms. The first-order valence-electron chi connectivity index (χ1n) is 15.9. The van der Waals surface area contributed by atoms with Crippen molar-refractivity contribution in [2.75, 3.05) is 0 Å². The fourth-order valence-electron chi connectivity index (χ4n) is 7.65. The quantitative estimate of drug-likeness (QED) is 0.195. The van der Waals surface area contributed by atoms with Crippen molar-refractivity contribution in [2.45, 2.75) is 0 Å². The Labute approximate surface area is 266 Å². The third kappa shape index (κ3) is 3.59. The molecule has 0 unspecified atom stereocenters. The minimum Gasteiger partial charge on any atom is -0.309 e. The van der Waals surface area contributed by atoms with Crippen LogP contribution in [0.25, 0.3) is 87.7 Å². The van der Waals surface area contributed by atoms with E-state index in [0.29, 0.717) is 0 Å². The van der Waals surface area contributed by atoms with Crippen LogP contribution in [0.3, 0.4) is 0 Å². The first-order valence-corrected chi connectivity index (χ1v) is 15.9. The Hall–Kier alpha value is -6.12. The number of rotatable bonds is 3. The normalized spacial score (nSPS) is 11.9. The van der Waals surface area contributed by atoms with Crippen LogP contribution < -0.4 is 0 Å². The molecule has 8 aromatic carbocycles. The molecule has 214 valence electrons. The van der Waals surface area contributed by atoms with Crippen LogP contribution in [0.1, 0.15) is 0 Å². The number of nitrogens with zero attached hydrogens (tertiary/aromatic N) is 2. The molecule has 0 atom stereocenters. The molecule has 0 saturated heterocycles. The fourth-order valence-corrected chi connectivity index (χ4v) is 7.65. The van der Waals surface area contributed by atoms with Crippen molar-refractivity contribution in [1.29, 1.82) is 0 Å². The predicted molar refractivity (Wildman–Crippen MR) is 196 cm³/mol. The number of hydrogen-bond acceptors (Lipinski definition) is 0. The van der Waals surface area contributed by atoms with Gasteiger partial charge in [-0.15, -0.1) is 0 Å². The first-order chi connectivity index (χ1) is 22.8. The van der Waals surface area contributed by atoms with Crippen LogP contribution in [0.4, 0.5) is 0 Å². The smallest absolute Gasteiger partial charge is 0.0547 e. The van der Waals surface area contributed by atoms with E-state index in [2.05, 4.69) is 179 Å². The molecule has 0 N–H and O–H groups in total. The summed E-state index contributed by atoms with van der Waals surface area (Å²) in [4.78, 5) is 0. The molecule has 0 amide bonds. The maximum Gasteiger partial charge on any atom is 0.0547 e. The van der Waals surface area contributed by atoms with Gasteiger partial charge in [0, 0.05) is 32.6 Å². The summed E-state index contributed by atoms with van der Waals surface area (Å²) in [5, 5.41) is 10.1. The number of benzene rings is 8. The van der Waals surface area contributed by atoms with E-state index >= 15 is 0 Å². The number of fused-ring (bicyclic) bond motifs is 9. The Bertz CT molecular complexity index is 2790. The lowest BCUT2D eigenvalue weighted by molar-refractivity contribution is 1.18. The van der Waals surface area contributed by atoms with Gasteiger partial charge in [0.25, 0.3) is 0 Å². The summed E-state index contributed by atoms with van der Waals surface area (Å²) >= 11 is 0. The van der Waals surface area contributed by atoms with Crippen molar-refractivity contribution in [3.63, 3.8) is 0 Å². The Balaban J connectivity index is 1.18. The Morgan fingerprint density at radius 2 is 0.935 bits per heavy atom. The summed E-state index contributed by atoms with van der Waals surface area (Å²) in [5.74, 6) is 0. The highest BCUT2D eigenvalue weighted by Gasteiger charge is 2.17. The summed E-state index contributed by atoms with van der Waals surface area (Å²) in [6.07, 6.45) is 0. The van der Waals surface area contributed by atoms with E-state index < -0.39 is 0 Å². The Morgan fingerprint density at radius 1 is 0.304 bits per heavy atom. The van der Waals surface area contributed by atoms with Gasteiger partial charge in [0.15, 0.2) is 0 Å². The molecule has 10 rings (SSSR count). The van der Waals surface area contributed by atoms with Gasteiger partial charge in [-0.2, -0.15) is 0 Å². The molecule has 0 aliphatic carbocycles. The van der Waals surface area contributed by atoms with Crippen molar-refractivity contribution in [3.8, 4) is 22.5 Å². The minimum absolute atomic E-state index is 1.18. The summed E-state index contributed by atoms with van der Waals surface area (Å²) in [5.41, 5.74) is 9.75. The molecule has 10 aromatic rings. The van der Waals surface area contributed by atoms with E-state index in [4.69, 9.17) is 0 Å². The molecule has 2 aromatic heterocycles. The number of para-hydroxylation sites is 3. The summed E-state index contributed by atoms with van der Waals surface area (Å²) in [6.45, 7) is 0. The summed E-state index contributed by atoms with van der Waals surface area (Å²) in [7, 11) is 0. The van der Waals surface area contributed by atoms with Crippen LogP contribution in [0.2, 0.25) is 0 Å². The Kier molecular flexibility index (Phi) is 5.31. The van der Waals surface area contributed by atoms with E-state index in [1.807, 2.05) is 0 Å². The highest BCUT2D eigenvalue weighted by Crippen LogP contribution is 2.40. The molecule has 0 saturated carbocycles. The fraction of sp³-hybridized carbons (Fsp3) is 0. The lowest BCUT2D eigenvalue weighted by atomic mass is 9.97.